The molecule has 110 valence electrons. The van der Waals surface area contributed by atoms with Gasteiger partial charge in [0.1, 0.15) is 11.9 Å². The van der Waals surface area contributed by atoms with Crippen LogP contribution in [0.1, 0.15) is 17.2 Å². The van der Waals surface area contributed by atoms with Gasteiger partial charge in [0.15, 0.2) is 6.61 Å². The summed E-state index contributed by atoms with van der Waals surface area (Å²) in [5, 5.41) is 1.58. The van der Waals surface area contributed by atoms with Crippen LogP contribution in [0.5, 0.6) is 0 Å². The second-order valence-electron chi connectivity index (χ2n) is 4.14. The summed E-state index contributed by atoms with van der Waals surface area (Å²) in [7, 11) is 0. The summed E-state index contributed by atoms with van der Waals surface area (Å²) >= 11 is 0. The molecular weight excluding hydrogens is 292 g/mol. The fourth-order valence-corrected chi connectivity index (χ4v) is 1.85. The Morgan fingerprint density at radius 3 is 2.55 bits per heavy atom. The first-order valence-corrected chi connectivity index (χ1v) is 5.29. The Labute approximate surface area is 108 Å². The molecule has 9 heteroatoms. The lowest BCUT2D eigenvalue weighted by Gasteiger charge is -2.33. The number of halogens is 6. The van der Waals surface area contributed by atoms with Crippen molar-refractivity contribution in [3.05, 3.63) is 35.1 Å². The molecule has 0 unspecified atom stereocenters. The van der Waals surface area contributed by atoms with Gasteiger partial charge in [-0.05, 0) is 23.8 Å². The van der Waals surface area contributed by atoms with Gasteiger partial charge in [-0.15, -0.1) is 0 Å². The standard InChI is InChI=1S/C11H7F6NO2/c12-5-1-2-7(11(15,16)17)6(3-5)8-10(13,14)4-20-9(19)18-8/h1-3,8H,4H2,(H,18,19)/t8-/m1/s1. The first kappa shape index (κ1) is 14.5. The van der Waals surface area contributed by atoms with Crippen LogP contribution in [0.3, 0.4) is 0 Å². The van der Waals surface area contributed by atoms with Crippen molar-refractivity contribution in [1.29, 1.82) is 0 Å². The first-order chi connectivity index (χ1) is 9.11. The van der Waals surface area contributed by atoms with Crippen LogP contribution in [0.15, 0.2) is 18.2 Å². The van der Waals surface area contributed by atoms with Gasteiger partial charge >= 0.3 is 18.2 Å². The number of carbonyl (C=O) groups is 1. The number of hydrogen-bond acceptors (Lipinski definition) is 2. The van der Waals surface area contributed by atoms with Crippen LogP contribution < -0.4 is 5.32 Å². The normalized spacial score (nSPS) is 22.1. The molecule has 0 spiro atoms. The molecule has 1 aromatic rings. The summed E-state index contributed by atoms with van der Waals surface area (Å²) in [6.45, 7) is -1.38. The quantitative estimate of drug-likeness (QED) is 0.808. The minimum Gasteiger partial charge on any atom is -0.443 e. The lowest BCUT2D eigenvalue weighted by atomic mass is 9.94. The van der Waals surface area contributed by atoms with Crippen molar-refractivity contribution >= 4 is 6.09 Å². The number of hydrogen-bond donors (Lipinski definition) is 1. The lowest BCUT2D eigenvalue weighted by molar-refractivity contribution is -0.141. The van der Waals surface area contributed by atoms with Crippen LogP contribution in [0, 0.1) is 5.82 Å². The number of rotatable bonds is 1. The highest BCUT2D eigenvalue weighted by molar-refractivity contribution is 5.69. The third-order valence-electron chi connectivity index (χ3n) is 2.71. The number of nitrogens with one attached hydrogen (secondary N) is 1. The number of amides is 1. The van der Waals surface area contributed by atoms with Crippen molar-refractivity contribution in [3.8, 4) is 0 Å². The average molecular weight is 299 g/mol. The monoisotopic (exact) mass is 299 g/mol. The summed E-state index contributed by atoms with van der Waals surface area (Å²) in [5.74, 6) is -4.91. The van der Waals surface area contributed by atoms with Crippen molar-refractivity contribution in [1.82, 2.24) is 5.32 Å². The fourth-order valence-electron chi connectivity index (χ4n) is 1.85. The van der Waals surface area contributed by atoms with Crippen molar-refractivity contribution in [3.63, 3.8) is 0 Å². The largest absolute Gasteiger partial charge is 0.443 e. The maximum Gasteiger partial charge on any atom is 0.416 e. The van der Waals surface area contributed by atoms with E-state index in [9.17, 15) is 31.1 Å². The van der Waals surface area contributed by atoms with E-state index in [0.717, 1.165) is 0 Å². The number of ether oxygens (including phenoxy) is 1. The molecule has 1 saturated heterocycles. The summed E-state index contributed by atoms with van der Waals surface area (Å²) in [5.41, 5.74) is -2.48. The van der Waals surface area contributed by atoms with Gasteiger partial charge in [0.2, 0.25) is 0 Å². The van der Waals surface area contributed by atoms with Crippen molar-refractivity contribution in [2.45, 2.75) is 18.1 Å². The topological polar surface area (TPSA) is 38.3 Å². The molecule has 0 bridgehead atoms. The van der Waals surface area contributed by atoms with Gasteiger partial charge in [-0.3, -0.25) is 0 Å². The van der Waals surface area contributed by atoms with E-state index in [1.54, 1.807) is 5.32 Å². The van der Waals surface area contributed by atoms with Gasteiger partial charge in [-0.2, -0.15) is 13.2 Å². The predicted octanol–water partition coefficient (Wildman–Crippen LogP) is 3.26. The van der Waals surface area contributed by atoms with Gasteiger partial charge in [-0.25, -0.2) is 18.0 Å². The zero-order valence-electron chi connectivity index (χ0n) is 9.60. The van der Waals surface area contributed by atoms with E-state index >= 15 is 0 Å². The molecule has 1 atom stereocenters. The van der Waals surface area contributed by atoms with Gasteiger partial charge in [0, 0.05) is 0 Å². The van der Waals surface area contributed by atoms with Gasteiger partial charge in [-0.1, -0.05) is 0 Å². The molecule has 1 amide bonds. The summed E-state index contributed by atoms with van der Waals surface area (Å²) < 4.78 is 82.6. The Kier molecular flexibility index (Phi) is 3.31. The molecule has 1 N–H and O–H groups in total. The van der Waals surface area contributed by atoms with Crippen LogP contribution in [-0.4, -0.2) is 18.6 Å². The van der Waals surface area contributed by atoms with Crippen molar-refractivity contribution in [2.75, 3.05) is 6.61 Å². The minimum atomic E-state index is -4.96. The van der Waals surface area contributed by atoms with E-state index in [-0.39, 0.29) is 0 Å². The maximum atomic E-state index is 13.6. The smallest absolute Gasteiger partial charge is 0.416 e. The Morgan fingerprint density at radius 2 is 1.95 bits per heavy atom. The molecule has 1 aliphatic heterocycles. The number of cyclic esters (lactones) is 1. The molecular formula is C11H7F6NO2. The number of carbonyl (C=O) groups excluding carboxylic acids is 1. The highest BCUT2D eigenvalue weighted by atomic mass is 19.4. The Bertz CT molecular complexity index is 542. The van der Waals surface area contributed by atoms with Crippen molar-refractivity contribution < 1.29 is 35.9 Å². The van der Waals surface area contributed by atoms with Gasteiger partial charge < -0.3 is 10.1 Å². The molecule has 1 fully saturated rings. The molecule has 0 aliphatic carbocycles. The molecule has 0 aromatic heterocycles. The Balaban J connectivity index is 2.55. The molecule has 20 heavy (non-hydrogen) atoms. The van der Waals surface area contributed by atoms with Crippen molar-refractivity contribution in [2.24, 2.45) is 0 Å². The first-order valence-electron chi connectivity index (χ1n) is 5.29. The molecule has 2 rings (SSSR count). The maximum absolute atomic E-state index is 13.6. The second kappa shape index (κ2) is 4.57. The summed E-state index contributed by atoms with van der Waals surface area (Å²) in [6.07, 6.45) is -6.25. The predicted molar refractivity (Wildman–Crippen MR) is 53.6 cm³/mol. The zero-order chi connectivity index (χ0) is 15.1. The van der Waals surface area contributed by atoms with E-state index in [4.69, 9.17) is 0 Å². The van der Waals surface area contributed by atoms with Crippen LogP contribution in [0.4, 0.5) is 31.1 Å². The van der Waals surface area contributed by atoms with E-state index in [1.807, 2.05) is 0 Å². The van der Waals surface area contributed by atoms with Crippen LogP contribution in [-0.2, 0) is 10.9 Å². The number of alkyl halides is 5. The van der Waals surface area contributed by atoms with Gasteiger partial charge in [0.25, 0.3) is 0 Å². The minimum absolute atomic E-state index is 0.326. The zero-order valence-corrected chi connectivity index (χ0v) is 9.60. The van der Waals surface area contributed by atoms with Crippen LogP contribution in [0.25, 0.3) is 0 Å². The molecule has 0 saturated carbocycles. The van der Waals surface area contributed by atoms with Crippen LogP contribution in [0.2, 0.25) is 0 Å². The fraction of sp³-hybridized carbons (Fsp3) is 0.364. The Hall–Kier alpha value is -1.93. The summed E-state index contributed by atoms with van der Waals surface area (Å²) in [6, 6.07) is -1.13. The van der Waals surface area contributed by atoms with E-state index in [2.05, 4.69) is 4.74 Å². The van der Waals surface area contributed by atoms with E-state index < -0.39 is 47.8 Å². The van der Waals surface area contributed by atoms with Gasteiger partial charge in [0.05, 0.1) is 5.56 Å². The number of benzene rings is 1. The third kappa shape index (κ3) is 2.66. The van der Waals surface area contributed by atoms with E-state index in [1.165, 1.54) is 0 Å². The molecule has 3 nitrogen and oxygen atoms in total. The molecule has 1 aliphatic rings. The lowest BCUT2D eigenvalue weighted by Crippen LogP contribution is -2.50. The Morgan fingerprint density at radius 1 is 1.30 bits per heavy atom. The SMILES string of the molecule is O=C1N[C@H](c2cc(F)ccc2C(F)(F)F)C(F)(F)CO1. The average Bonchev–Trinajstić information content (AvgIpc) is 2.30. The summed E-state index contributed by atoms with van der Waals surface area (Å²) in [4.78, 5) is 10.9. The second-order valence-corrected chi connectivity index (χ2v) is 4.14. The van der Waals surface area contributed by atoms with E-state index in [0.29, 0.717) is 18.2 Å². The molecule has 1 heterocycles. The third-order valence-corrected chi connectivity index (χ3v) is 2.71. The molecule has 1 aromatic carbocycles. The van der Waals surface area contributed by atoms with Crippen LogP contribution >= 0.6 is 0 Å². The highest BCUT2D eigenvalue weighted by Crippen LogP contribution is 2.41. The number of alkyl carbamates (subject to hydrolysis) is 1. The highest BCUT2D eigenvalue weighted by Gasteiger charge is 2.50. The molecule has 0 radical (unpaired) electrons.